The molecule has 0 bridgehead atoms. The molecule has 0 aliphatic rings. The second kappa shape index (κ2) is 8.08. The van der Waals surface area contributed by atoms with Crippen molar-refractivity contribution in [1.29, 1.82) is 0 Å². The molecule has 4 heteroatoms. The van der Waals surface area contributed by atoms with Crippen molar-refractivity contribution in [2.75, 3.05) is 6.61 Å². The number of benzene rings is 2. The van der Waals surface area contributed by atoms with Crippen LogP contribution in [0.25, 0.3) is 0 Å². The van der Waals surface area contributed by atoms with Crippen LogP contribution < -0.4 is 9.47 Å². The van der Waals surface area contributed by atoms with Gasteiger partial charge in [0.1, 0.15) is 17.2 Å². The fourth-order valence-corrected chi connectivity index (χ4v) is 1.91. The third-order valence-electron chi connectivity index (χ3n) is 3.15. The van der Waals surface area contributed by atoms with E-state index in [0.29, 0.717) is 17.9 Å². The highest BCUT2D eigenvalue weighted by Gasteiger charge is 2.08. The summed E-state index contributed by atoms with van der Waals surface area (Å²) in [6.45, 7) is 2.84. The summed E-state index contributed by atoms with van der Waals surface area (Å²) in [5.41, 5.74) is 0.387. The van der Waals surface area contributed by atoms with Crippen LogP contribution in [0.3, 0.4) is 0 Å². The van der Waals surface area contributed by atoms with Crippen molar-refractivity contribution in [1.82, 2.24) is 0 Å². The van der Waals surface area contributed by atoms with Crippen molar-refractivity contribution in [2.24, 2.45) is 0 Å². The molecule has 0 atom stereocenters. The molecule has 0 saturated heterocycles. The standard InChI is InChI=1S/C18H20O4/c1-2-3-4-13-21-16-9-11-17(12-10-16)22-18(20)14-5-7-15(19)8-6-14/h5-12,19H,2-4,13H2,1H3. The van der Waals surface area contributed by atoms with Crippen molar-refractivity contribution in [3.8, 4) is 17.2 Å². The van der Waals surface area contributed by atoms with Crippen LogP contribution in [0.2, 0.25) is 0 Å². The zero-order chi connectivity index (χ0) is 15.8. The Kier molecular flexibility index (Phi) is 5.83. The van der Waals surface area contributed by atoms with Gasteiger partial charge in [0, 0.05) is 0 Å². The van der Waals surface area contributed by atoms with Crippen molar-refractivity contribution >= 4 is 5.97 Å². The molecule has 0 radical (unpaired) electrons. The lowest BCUT2D eigenvalue weighted by atomic mass is 10.2. The van der Waals surface area contributed by atoms with E-state index in [2.05, 4.69) is 6.92 Å². The molecule has 2 rings (SSSR count). The minimum absolute atomic E-state index is 0.112. The molecule has 22 heavy (non-hydrogen) atoms. The molecule has 0 spiro atoms. The van der Waals surface area contributed by atoms with Gasteiger partial charge in [-0.3, -0.25) is 0 Å². The topological polar surface area (TPSA) is 55.8 Å². The van der Waals surface area contributed by atoms with Gasteiger partial charge in [-0.2, -0.15) is 0 Å². The monoisotopic (exact) mass is 300 g/mol. The number of carbonyl (C=O) groups excluding carboxylic acids is 1. The van der Waals surface area contributed by atoms with Crippen molar-refractivity contribution in [3.05, 3.63) is 54.1 Å². The minimum atomic E-state index is -0.461. The quantitative estimate of drug-likeness (QED) is 0.473. The first-order valence-electron chi connectivity index (χ1n) is 7.43. The molecule has 0 aliphatic carbocycles. The van der Waals surface area contributed by atoms with E-state index >= 15 is 0 Å². The number of phenolic OH excluding ortho intramolecular Hbond substituents is 1. The molecule has 0 unspecified atom stereocenters. The van der Waals surface area contributed by atoms with Gasteiger partial charge in [0.15, 0.2) is 0 Å². The Hall–Kier alpha value is -2.49. The van der Waals surface area contributed by atoms with Crippen molar-refractivity contribution in [3.63, 3.8) is 0 Å². The van der Waals surface area contributed by atoms with Gasteiger partial charge in [0.05, 0.1) is 12.2 Å². The largest absolute Gasteiger partial charge is 0.508 e. The Balaban J connectivity index is 1.88. The zero-order valence-electron chi connectivity index (χ0n) is 12.6. The fraction of sp³-hybridized carbons (Fsp3) is 0.278. The number of rotatable bonds is 7. The summed E-state index contributed by atoms with van der Waals surface area (Å²) < 4.78 is 10.9. The Labute approximate surface area is 130 Å². The molecule has 0 aromatic heterocycles. The van der Waals surface area contributed by atoms with Gasteiger partial charge >= 0.3 is 5.97 Å². The van der Waals surface area contributed by atoms with Gasteiger partial charge < -0.3 is 14.6 Å². The van der Waals surface area contributed by atoms with Crippen LogP contribution in [0.1, 0.15) is 36.5 Å². The molecule has 0 heterocycles. The van der Waals surface area contributed by atoms with Gasteiger partial charge in [-0.25, -0.2) is 4.79 Å². The molecule has 0 amide bonds. The number of unbranched alkanes of at least 4 members (excludes halogenated alkanes) is 2. The molecule has 0 saturated carbocycles. The summed E-state index contributed by atoms with van der Waals surface area (Å²) in [6, 6.07) is 12.9. The maximum atomic E-state index is 11.9. The van der Waals surface area contributed by atoms with Gasteiger partial charge in [-0.1, -0.05) is 19.8 Å². The summed E-state index contributed by atoms with van der Waals surface area (Å²) in [4.78, 5) is 11.9. The molecule has 2 aromatic carbocycles. The molecule has 116 valence electrons. The number of aromatic hydroxyl groups is 1. The van der Waals surface area contributed by atoms with Crippen LogP contribution in [0.4, 0.5) is 0 Å². The Bertz CT molecular complexity index is 587. The van der Waals surface area contributed by atoms with E-state index in [0.717, 1.165) is 25.0 Å². The second-order valence-corrected chi connectivity index (χ2v) is 4.96. The first kappa shape index (κ1) is 15.9. The zero-order valence-corrected chi connectivity index (χ0v) is 12.6. The normalized spacial score (nSPS) is 10.2. The second-order valence-electron chi connectivity index (χ2n) is 4.96. The maximum Gasteiger partial charge on any atom is 0.343 e. The van der Waals surface area contributed by atoms with E-state index in [1.165, 1.54) is 24.3 Å². The summed E-state index contributed by atoms with van der Waals surface area (Å²) in [5, 5.41) is 9.20. The number of hydrogen-bond acceptors (Lipinski definition) is 4. The average molecular weight is 300 g/mol. The lowest BCUT2D eigenvalue weighted by molar-refractivity contribution is 0.0734. The molecule has 0 aliphatic heterocycles. The first-order chi connectivity index (χ1) is 10.7. The minimum Gasteiger partial charge on any atom is -0.508 e. The van der Waals surface area contributed by atoms with Crippen molar-refractivity contribution in [2.45, 2.75) is 26.2 Å². The van der Waals surface area contributed by atoms with E-state index in [1.54, 1.807) is 24.3 Å². The number of carbonyl (C=O) groups is 1. The number of hydrogen-bond donors (Lipinski definition) is 1. The highest BCUT2D eigenvalue weighted by atomic mass is 16.5. The summed E-state index contributed by atoms with van der Waals surface area (Å²) in [5.74, 6) is 0.872. The number of phenols is 1. The third-order valence-corrected chi connectivity index (χ3v) is 3.15. The summed E-state index contributed by atoms with van der Waals surface area (Å²) >= 11 is 0. The van der Waals surface area contributed by atoms with Gasteiger partial charge in [-0.05, 0) is 55.0 Å². The van der Waals surface area contributed by atoms with E-state index in [9.17, 15) is 9.90 Å². The third kappa shape index (κ3) is 4.81. The summed E-state index contributed by atoms with van der Waals surface area (Å²) in [6.07, 6.45) is 3.35. The lowest BCUT2D eigenvalue weighted by Crippen LogP contribution is -2.08. The number of ether oxygens (including phenoxy) is 2. The SMILES string of the molecule is CCCCCOc1ccc(OC(=O)c2ccc(O)cc2)cc1. The average Bonchev–Trinajstić information content (AvgIpc) is 2.54. The lowest BCUT2D eigenvalue weighted by Gasteiger charge is -2.07. The Morgan fingerprint density at radius 3 is 2.23 bits per heavy atom. The molecule has 4 nitrogen and oxygen atoms in total. The van der Waals surface area contributed by atoms with Gasteiger partial charge in [0.25, 0.3) is 0 Å². The predicted octanol–water partition coefficient (Wildman–Crippen LogP) is 4.18. The van der Waals surface area contributed by atoms with Gasteiger partial charge in [-0.15, -0.1) is 0 Å². The van der Waals surface area contributed by atoms with Gasteiger partial charge in [0.2, 0.25) is 0 Å². The summed E-state index contributed by atoms with van der Waals surface area (Å²) in [7, 11) is 0. The first-order valence-corrected chi connectivity index (χ1v) is 7.43. The Morgan fingerprint density at radius 1 is 0.955 bits per heavy atom. The van der Waals surface area contributed by atoms with Crippen LogP contribution in [0, 0.1) is 0 Å². The Morgan fingerprint density at radius 2 is 1.59 bits per heavy atom. The predicted molar refractivity (Wildman–Crippen MR) is 84.5 cm³/mol. The van der Waals surface area contributed by atoms with E-state index in [-0.39, 0.29) is 5.75 Å². The van der Waals surface area contributed by atoms with E-state index in [1.807, 2.05) is 0 Å². The van der Waals surface area contributed by atoms with Crippen LogP contribution in [0.5, 0.6) is 17.2 Å². The fourth-order valence-electron chi connectivity index (χ4n) is 1.91. The highest BCUT2D eigenvalue weighted by molar-refractivity contribution is 5.91. The smallest absolute Gasteiger partial charge is 0.343 e. The van der Waals surface area contributed by atoms with Crippen LogP contribution in [0.15, 0.2) is 48.5 Å². The molecular weight excluding hydrogens is 280 g/mol. The van der Waals surface area contributed by atoms with E-state index in [4.69, 9.17) is 9.47 Å². The van der Waals surface area contributed by atoms with E-state index < -0.39 is 5.97 Å². The maximum absolute atomic E-state index is 11.9. The molecule has 1 N–H and O–H groups in total. The van der Waals surface area contributed by atoms with Crippen LogP contribution >= 0.6 is 0 Å². The van der Waals surface area contributed by atoms with Crippen LogP contribution in [-0.4, -0.2) is 17.7 Å². The molecule has 0 fully saturated rings. The molecule has 2 aromatic rings. The molecular formula is C18H20O4. The number of esters is 1. The van der Waals surface area contributed by atoms with Crippen LogP contribution in [-0.2, 0) is 0 Å². The van der Waals surface area contributed by atoms with Crippen molar-refractivity contribution < 1.29 is 19.4 Å². The highest BCUT2D eigenvalue weighted by Crippen LogP contribution is 2.19.